The summed E-state index contributed by atoms with van der Waals surface area (Å²) in [5.74, 6) is -0.704. The van der Waals surface area contributed by atoms with E-state index in [9.17, 15) is 19.2 Å². The van der Waals surface area contributed by atoms with E-state index >= 15 is 0 Å². The van der Waals surface area contributed by atoms with Crippen molar-refractivity contribution in [2.24, 2.45) is 5.92 Å². The lowest BCUT2D eigenvalue weighted by Crippen LogP contribution is -2.60. The smallest absolute Gasteiger partial charge is 0.247 e. The highest BCUT2D eigenvalue weighted by Gasteiger charge is 2.46. The van der Waals surface area contributed by atoms with E-state index in [0.29, 0.717) is 36.3 Å². The first-order chi connectivity index (χ1) is 24.6. The van der Waals surface area contributed by atoms with E-state index in [0.717, 1.165) is 11.1 Å². The third-order valence-electron chi connectivity index (χ3n) is 9.76. The molecule has 2 aliphatic rings. The van der Waals surface area contributed by atoms with Gasteiger partial charge < -0.3 is 30.3 Å². The molecule has 0 saturated carbocycles. The van der Waals surface area contributed by atoms with Gasteiger partial charge in [-0.25, -0.2) is 0 Å². The van der Waals surface area contributed by atoms with Crippen molar-refractivity contribution >= 4 is 29.7 Å². The lowest BCUT2D eigenvalue weighted by Gasteiger charge is -2.33. The normalized spacial score (nSPS) is 21.3. The van der Waals surface area contributed by atoms with Crippen LogP contribution in [0.2, 0.25) is 0 Å². The molecule has 2 heterocycles. The number of nitrogens with one attached hydrogen (secondary N) is 3. The van der Waals surface area contributed by atoms with Crippen LogP contribution >= 0.6 is 0 Å². The number of amides is 4. The molecule has 5 rings (SSSR count). The number of likely N-dealkylation sites (N-methyl/N-ethyl adjacent to an activating group) is 1. The topological polar surface area (TPSA) is 129 Å². The third-order valence-corrected chi connectivity index (χ3v) is 9.76. The van der Waals surface area contributed by atoms with Gasteiger partial charge in [0.2, 0.25) is 23.6 Å². The predicted molar refractivity (Wildman–Crippen MR) is 196 cm³/mol. The summed E-state index contributed by atoms with van der Waals surface area (Å²) in [6.45, 7) is 4.06. The minimum absolute atomic E-state index is 0.203. The Labute approximate surface area is 300 Å². The number of rotatable bonds is 11. The van der Waals surface area contributed by atoms with Crippen LogP contribution in [0, 0.1) is 5.92 Å². The molecule has 2 aliphatic heterocycles. The summed E-state index contributed by atoms with van der Waals surface area (Å²) in [6, 6.07) is 21.1. The Balaban J connectivity index is 1.49. The molecule has 0 aliphatic carbocycles. The van der Waals surface area contributed by atoms with Crippen LogP contribution in [-0.4, -0.2) is 91.4 Å². The average Bonchev–Trinajstić information content (AvgIpc) is 3.55. The van der Waals surface area contributed by atoms with Gasteiger partial charge in [-0.3, -0.25) is 24.1 Å². The fraction of sp³-hybridized carbons (Fsp3) is 0.400. The zero-order valence-electron chi connectivity index (χ0n) is 30.0. The first-order valence-electron chi connectivity index (χ1n) is 17.6. The van der Waals surface area contributed by atoms with Crippen molar-refractivity contribution < 1.29 is 28.7 Å². The Bertz CT molecular complexity index is 1700. The first-order valence-corrected chi connectivity index (χ1v) is 17.6. The van der Waals surface area contributed by atoms with Gasteiger partial charge in [-0.1, -0.05) is 80.9 Å². The summed E-state index contributed by atoms with van der Waals surface area (Å²) >= 11 is 0. The molecule has 3 N–H and O–H groups in total. The molecule has 11 nitrogen and oxygen atoms in total. The average molecular weight is 696 g/mol. The number of likely N-dealkylation sites (tertiary alicyclic amines) is 1. The van der Waals surface area contributed by atoms with Gasteiger partial charge in [0.1, 0.15) is 35.7 Å². The molecule has 1 fully saturated rings. The van der Waals surface area contributed by atoms with Crippen molar-refractivity contribution in [2.45, 2.75) is 69.8 Å². The second kappa shape index (κ2) is 17.2. The maximum absolute atomic E-state index is 14.7. The Kier molecular flexibility index (Phi) is 12.5. The summed E-state index contributed by atoms with van der Waals surface area (Å²) in [6.07, 6.45) is 4.19. The number of ether oxygens (including phenoxy) is 2. The van der Waals surface area contributed by atoms with Crippen molar-refractivity contribution in [3.8, 4) is 11.5 Å². The van der Waals surface area contributed by atoms with Crippen molar-refractivity contribution in [2.75, 3.05) is 27.7 Å². The molecule has 270 valence electrons. The Hall–Kier alpha value is -5.16. The number of carbonyl (C=O) groups is 4. The molecule has 0 spiro atoms. The number of hydrogen-bond acceptors (Lipinski definition) is 7. The second-order valence-electron chi connectivity index (χ2n) is 13.5. The van der Waals surface area contributed by atoms with Gasteiger partial charge in [0.15, 0.2) is 0 Å². The summed E-state index contributed by atoms with van der Waals surface area (Å²) < 4.78 is 12.0. The van der Waals surface area contributed by atoms with Gasteiger partial charge in [-0.2, -0.15) is 0 Å². The molecule has 11 heteroatoms. The first kappa shape index (κ1) is 37.1. The second-order valence-corrected chi connectivity index (χ2v) is 13.5. The maximum Gasteiger partial charge on any atom is 0.247 e. The fourth-order valence-electron chi connectivity index (χ4n) is 6.64. The molecule has 0 aromatic heterocycles. The molecule has 51 heavy (non-hydrogen) atoms. The van der Waals surface area contributed by atoms with Crippen LogP contribution in [0.15, 0.2) is 85.1 Å². The van der Waals surface area contributed by atoms with E-state index in [-0.39, 0.29) is 30.7 Å². The number of nitrogens with zero attached hydrogens (tertiary/aromatic N) is 2. The van der Waals surface area contributed by atoms with E-state index in [4.69, 9.17) is 9.47 Å². The fourth-order valence-corrected chi connectivity index (χ4v) is 6.64. The van der Waals surface area contributed by atoms with Crippen LogP contribution in [0.4, 0.5) is 0 Å². The van der Waals surface area contributed by atoms with Gasteiger partial charge in [0, 0.05) is 31.1 Å². The largest absolute Gasteiger partial charge is 0.496 e. The predicted octanol–water partition coefficient (Wildman–Crippen LogP) is 3.58. The summed E-state index contributed by atoms with van der Waals surface area (Å²) in [7, 11) is 5.24. The minimum Gasteiger partial charge on any atom is -0.496 e. The quantitative estimate of drug-likeness (QED) is 0.280. The molecular formula is C40H49N5O6. The number of methoxy groups -OCH3 is 1. The number of hydrogen-bond donors (Lipinski definition) is 3. The highest BCUT2D eigenvalue weighted by Crippen LogP contribution is 2.30. The molecule has 4 amide bonds. The molecular weight excluding hydrogens is 646 g/mol. The van der Waals surface area contributed by atoms with Crippen molar-refractivity contribution in [1.29, 1.82) is 0 Å². The van der Waals surface area contributed by atoms with Crippen LogP contribution < -0.4 is 25.4 Å². The van der Waals surface area contributed by atoms with Gasteiger partial charge >= 0.3 is 0 Å². The SMILES string of the molecule is CCC(C)C1NC(=O)C2C(CCN2C(=O)C(Cc2ccccc2)NC(=O)C(Cc2ccccc2)N(C)C)Oc2ccc(OC)c(c2)/C=C\NC1=O. The maximum atomic E-state index is 14.7. The minimum atomic E-state index is -1.07. The Morgan fingerprint density at radius 2 is 1.65 bits per heavy atom. The van der Waals surface area contributed by atoms with Crippen LogP contribution in [0.5, 0.6) is 11.5 Å². The molecule has 3 aromatic carbocycles. The summed E-state index contributed by atoms with van der Waals surface area (Å²) in [4.78, 5) is 59.8. The zero-order chi connectivity index (χ0) is 36.5. The van der Waals surface area contributed by atoms with E-state index in [1.165, 1.54) is 11.1 Å². The molecule has 1 saturated heterocycles. The van der Waals surface area contributed by atoms with Crippen LogP contribution in [0.1, 0.15) is 43.4 Å². The molecule has 6 atom stereocenters. The van der Waals surface area contributed by atoms with Gasteiger partial charge in [0.05, 0.1) is 13.2 Å². The molecule has 2 bridgehead atoms. The molecule has 3 aromatic rings. The van der Waals surface area contributed by atoms with Crippen LogP contribution in [-0.2, 0) is 32.0 Å². The van der Waals surface area contributed by atoms with Crippen molar-refractivity contribution in [1.82, 2.24) is 25.8 Å². The Morgan fingerprint density at radius 3 is 2.27 bits per heavy atom. The van der Waals surface area contributed by atoms with E-state index < -0.39 is 42.1 Å². The lowest BCUT2D eigenvalue weighted by atomic mass is 9.97. The van der Waals surface area contributed by atoms with Crippen LogP contribution in [0.3, 0.4) is 0 Å². The van der Waals surface area contributed by atoms with Crippen LogP contribution in [0.25, 0.3) is 6.08 Å². The number of carbonyl (C=O) groups excluding carboxylic acids is 4. The highest BCUT2D eigenvalue weighted by atomic mass is 16.5. The van der Waals surface area contributed by atoms with Crippen molar-refractivity contribution in [3.63, 3.8) is 0 Å². The zero-order valence-corrected chi connectivity index (χ0v) is 30.0. The highest BCUT2D eigenvalue weighted by molar-refractivity contribution is 5.96. The standard InChI is InChI=1S/C40H49N5O6/c1-6-26(2)35-38(47)41-21-19-29-25-30(17-18-33(29)50-5)51-34-20-22-45(36(34)39(48)43-35)40(49)31(23-27-13-9-7-10-14-27)42-37(46)32(44(3)4)24-28-15-11-8-12-16-28/h7-19,21,25-26,31-32,34-36H,6,20,22-24H2,1-5H3,(H,41,47)(H,42,46)(H,43,48)/b21-19-. The molecule has 0 radical (unpaired) electrons. The number of benzene rings is 3. The summed E-state index contributed by atoms with van der Waals surface area (Å²) in [5.41, 5.74) is 2.53. The van der Waals surface area contributed by atoms with E-state index in [1.54, 1.807) is 31.4 Å². The summed E-state index contributed by atoms with van der Waals surface area (Å²) in [5, 5.41) is 8.82. The molecule has 6 unspecified atom stereocenters. The monoisotopic (exact) mass is 695 g/mol. The van der Waals surface area contributed by atoms with E-state index in [1.807, 2.05) is 93.5 Å². The van der Waals surface area contributed by atoms with Crippen molar-refractivity contribution in [3.05, 3.63) is 102 Å². The third kappa shape index (κ3) is 9.15. The Morgan fingerprint density at radius 1 is 0.980 bits per heavy atom. The van der Waals surface area contributed by atoms with E-state index in [2.05, 4.69) is 16.0 Å². The number of fused-ring (bicyclic) bond motifs is 3. The lowest BCUT2D eigenvalue weighted by molar-refractivity contribution is -0.144. The van der Waals surface area contributed by atoms with Gasteiger partial charge in [0.25, 0.3) is 0 Å². The van der Waals surface area contributed by atoms with Gasteiger partial charge in [-0.15, -0.1) is 0 Å². The van der Waals surface area contributed by atoms with Gasteiger partial charge in [-0.05, 0) is 61.8 Å².